The number of rotatable bonds is 8. The Morgan fingerprint density at radius 1 is 1.60 bits per heavy atom. The Labute approximate surface area is 123 Å². The molecule has 0 aliphatic heterocycles. The van der Waals surface area contributed by atoms with Crippen molar-refractivity contribution in [1.82, 2.24) is 9.78 Å². The van der Waals surface area contributed by atoms with Gasteiger partial charge in [0.2, 0.25) is 0 Å². The highest BCUT2D eigenvalue weighted by Crippen LogP contribution is 2.17. The lowest BCUT2D eigenvalue weighted by atomic mass is 10.0. The molecule has 0 fully saturated rings. The first kappa shape index (κ1) is 16.9. The Balaban J connectivity index is 2.74. The van der Waals surface area contributed by atoms with E-state index >= 15 is 0 Å². The van der Waals surface area contributed by atoms with Crippen LogP contribution in [0.25, 0.3) is 0 Å². The van der Waals surface area contributed by atoms with Crippen molar-refractivity contribution in [3.8, 4) is 0 Å². The molecule has 114 valence electrons. The van der Waals surface area contributed by atoms with E-state index < -0.39 is 5.60 Å². The fraction of sp³-hybridized carbons (Fsp3) is 0.692. The van der Waals surface area contributed by atoms with Crippen LogP contribution in [0.1, 0.15) is 26.7 Å². The molecule has 0 aromatic carbocycles. The molecule has 1 heterocycles. The van der Waals surface area contributed by atoms with Crippen molar-refractivity contribution in [2.24, 2.45) is 0 Å². The molecule has 20 heavy (non-hydrogen) atoms. The van der Waals surface area contributed by atoms with Gasteiger partial charge in [-0.05, 0) is 13.3 Å². The molecule has 2 N–H and O–H groups in total. The van der Waals surface area contributed by atoms with E-state index in [0.717, 1.165) is 6.42 Å². The number of aliphatic hydroxyl groups is 1. The van der Waals surface area contributed by atoms with Crippen LogP contribution in [-0.4, -0.2) is 40.7 Å². The molecule has 1 rings (SSSR count). The molecule has 0 aliphatic rings. The predicted molar refractivity (Wildman–Crippen MR) is 79.4 cm³/mol. The maximum atomic E-state index is 11.9. The van der Waals surface area contributed by atoms with E-state index in [0.29, 0.717) is 25.3 Å². The van der Waals surface area contributed by atoms with Gasteiger partial charge >= 0.3 is 0 Å². The number of aromatic nitrogens is 2. The highest BCUT2D eigenvalue weighted by molar-refractivity contribution is 6.32. The molecular weight excluding hydrogens is 282 g/mol. The molecule has 0 bridgehead atoms. The van der Waals surface area contributed by atoms with Crippen molar-refractivity contribution in [3.05, 3.63) is 21.6 Å². The Kier molecular flexibility index (Phi) is 6.45. The summed E-state index contributed by atoms with van der Waals surface area (Å²) in [4.78, 5) is 11.9. The van der Waals surface area contributed by atoms with Gasteiger partial charge in [-0.2, -0.15) is 5.10 Å². The molecule has 0 saturated carbocycles. The fourth-order valence-corrected chi connectivity index (χ4v) is 1.87. The third-order valence-corrected chi connectivity index (χ3v) is 3.29. The Bertz CT molecular complexity index is 488. The standard InChI is InChI=1S/C13H22ClN3O3/c1-4-6-17-12(18)11(14)10(8-16-17)15-9-13(2,19)5-7-20-3/h8,15,19H,4-7,9H2,1-3H3. The van der Waals surface area contributed by atoms with Crippen LogP contribution in [0, 0.1) is 0 Å². The number of ether oxygens (including phenoxy) is 1. The number of hydrogen-bond acceptors (Lipinski definition) is 5. The van der Waals surface area contributed by atoms with E-state index in [-0.39, 0.29) is 17.1 Å². The van der Waals surface area contributed by atoms with Crippen LogP contribution in [0.2, 0.25) is 5.02 Å². The van der Waals surface area contributed by atoms with Crippen molar-refractivity contribution >= 4 is 17.3 Å². The molecule has 0 saturated heterocycles. The van der Waals surface area contributed by atoms with Gasteiger partial charge in [0, 0.05) is 33.2 Å². The minimum absolute atomic E-state index is 0.0935. The monoisotopic (exact) mass is 303 g/mol. The average molecular weight is 304 g/mol. The number of aryl methyl sites for hydroxylation is 1. The summed E-state index contributed by atoms with van der Waals surface area (Å²) < 4.78 is 6.27. The van der Waals surface area contributed by atoms with Gasteiger partial charge in [-0.15, -0.1) is 0 Å². The molecule has 0 aliphatic carbocycles. The van der Waals surface area contributed by atoms with Crippen LogP contribution in [0.5, 0.6) is 0 Å². The van der Waals surface area contributed by atoms with Crippen LogP contribution in [-0.2, 0) is 11.3 Å². The highest BCUT2D eigenvalue weighted by atomic mass is 35.5. The van der Waals surface area contributed by atoms with Crippen molar-refractivity contribution in [3.63, 3.8) is 0 Å². The predicted octanol–water partition coefficient (Wildman–Crippen LogP) is 1.51. The van der Waals surface area contributed by atoms with Gasteiger partial charge in [0.15, 0.2) is 0 Å². The zero-order valence-electron chi connectivity index (χ0n) is 12.1. The largest absolute Gasteiger partial charge is 0.388 e. The third kappa shape index (κ3) is 4.77. The second-order valence-electron chi connectivity index (χ2n) is 4.99. The van der Waals surface area contributed by atoms with E-state index in [1.54, 1.807) is 14.0 Å². The topological polar surface area (TPSA) is 76.4 Å². The first-order valence-electron chi connectivity index (χ1n) is 6.62. The minimum Gasteiger partial charge on any atom is -0.388 e. The Morgan fingerprint density at radius 3 is 2.90 bits per heavy atom. The van der Waals surface area contributed by atoms with Crippen LogP contribution in [0.15, 0.2) is 11.0 Å². The van der Waals surface area contributed by atoms with Crippen LogP contribution in [0.4, 0.5) is 5.69 Å². The summed E-state index contributed by atoms with van der Waals surface area (Å²) >= 11 is 6.03. The van der Waals surface area contributed by atoms with Gasteiger partial charge in [0.1, 0.15) is 5.02 Å². The van der Waals surface area contributed by atoms with Gasteiger partial charge in [0.05, 0.1) is 17.5 Å². The lowest BCUT2D eigenvalue weighted by molar-refractivity contribution is 0.0357. The molecular formula is C13H22ClN3O3. The molecule has 0 amide bonds. The first-order valence-corrected chi connectivity index (χ1v) is 7.00. The molecule has 0 radical (unpaired) electrons. The number of halogens is 1. The maximum absolute atomic E-state index is 11.9. The summed E-state index contributed by atoms with van der Waals surface area (Å²) in [6.45, 7) is 4.90. The van der Waals surface area contributed by atoms with Crippen molar-refractivity contribution in [1.29, 1.82) is 0 Å². The second-order valence-corrected chi connectivity index (χ2v) is 5.37. The van der Waals surface area contributed by atoms with Gasteiger partial charge in [-0.3, -0.25) is 4.79 Å². The highest BCUT2D eigenvalue weighted by Gasteiger charge is 2.20. The maximum Gasteiger partial charge on any atom is 0.287 e. The van der Waals surface area contributed by atoms with Gasteiger partial charge in [-0.25, -0.2) is 4.68 Å². The zero-order valence-corrected chi connectivity index (χ0v) is 12.9. The molecule has 6 nitrogen and oxygen atoms in total. The Hall–Kier alpha value is -1.11. The quantitative estimate of drug-likeness (QED) is 0.761. The molecule has 7 heteroatoms. The van der Waals surface area contributed by atoms with Crippen LogP contribution >= 0.6 is 11.6 Å². The summed E-state index contributed by atoms with van der Waals surface area (Å²) in [5.41, 5.74) is -0.839. The molecule has 1 aromatic rings. The lowest BCUT2D eigenvalue weighted by Crippen LogP contribution is -2.35. The molecule has 0 spiro atoms. The van der Waals surface area contributed by atoms with Crippen LogP contribution < -0.4 is 10.9 Å². The first-order chi connectivity index (χ1) is 9.41. The zero-order chi connectivity index (χ0) is 15.2. The van der Waals surface area contributed by atoms with E-state index in [1.165, 1.54) is 10.9 Å². The number of hydrogen-bond donors (Lipinski definition) is 2. The van der Waals surface area contributed by atoms with Crippen molar-refractivity contribution < 1.29 is 9.84 Å². The van der Waals surface area contributed by atoms with Gasteiger partial charge in [-0.1, -0.05) is 18.5 Å². The van der Waals surface area contributed by atoms with Crippen molar-refractivity contribution in [2.45, 2.75) is 38.8 Å². The third-order valence-electron chi connectivity index (χ3n) is 2.92. The minimum atomic E-state index is -0.947. The molecule has 1 aromatic heterocycles. The number of methoxy groups -OCH3 is 1. The summed E-state index contributed by atoms with van der Waals surface area (Å²) in [7, 11) is 1.58. The van der Waals surface area contributed by atoms with Gasteiger partial charge < -0.3 is 15.2 Å². The summed E-state index contributed by atoms with van der Waals surface area (Å²) in [6.07, 6.45) is 2.79. The number of nitrogens with one attached hydrogen (secondary N) is 1. The van der Waals surface area contributed by atoms with E-state index in [2.05, 4.69) is 10.4 Å². The van der Waals surface area contributed by atoms with Crippen LogP contribution in [0.3, 0.4) is 0 Å². The second kappa shape index (κ2) is 7.61. The number of anilines is 1. The van der Waals surface area contributed by atoms with E-state index in [9.17, 15) is 9.90 Å². The molecule has 1 unspecified atom stereocenters. The summed E-state index contributed by atoms with van der Waals surface area (Å²) in [5, 5.41) is 17.2. The normalized spacial score (nSPS) is 14.1. The fourth-order valence-electron chi connectivity index (χ4n) is 1.66. The summed E-state index contributed by atoms with van der Waals surface area (Å²) in [6, 6.07) is 0. The Morgan fingerprint density at radius 2 is 2.30 bits per heavy atom. The lowest BCUT2D eigenvalue weighted by Gasteiger charge is -2.24. The average Bonchev–Trinajstić information content (AvgIpc) is 2.41. The van der Waals surface area contributed by atoms with E-state index in [1.807, 2.05) is 6.92 Å². The SMILES string of the molecule is CCCn1ncc(NCC(C)(O)CCOC)c(Cl)c1=O. The smallest absolute Gasteiger partial charge is 0.287 e. The van der Waals surface area contributed by atoms with Gasteiger partial charge in [0.25, 0.3) is 5.56 Å². The molecule has 1 atom stereocenters. The van der Waals surface area contributed by atoms with E-state index in [4.69, 9.17) is 16.3 Å². The number of nitrogens with zero attached hydrogens (tertiary/aromatic N) is 2. The van der Waals surface area contributed by atoms with Crippen molar-refractivity contribution in [2.75, 3.05) is 25.6 Å². The summed E-state index contributed by atoms with van der Waals surface area (Å²) in [5.74, 6) is 0.